The van der Waals surface area contributed by atoms with Crippen LogP contribution in [0.4, 0.5) is 0 Å². The highest BCUT2D eigenvalue weighted by molar-refractivity contribution is 9.10. The van der Waals surface area contributed by atoms with E-state index in [2.05, 4.69) is 15.9 Å². The van der Waals surface area contributed by atoms with Crippen molar-refractivity contribution >= 4 is 27.5 Å². The Morgan fingerprint density at radius 2 is 1.50 bits per heavy atom. The van der Waals surface area contributed by atoms with E-state index in [0.717, 1.165) is 15.6 Å². The minimum absolute atomic E-state index is 0.376. The zero-order chi connectivity index (χ0) is 13.1. The van der Waals surface area contributed by atoms with Gasteiger partial charge in [0.25, 0.3) is 0 Å². The van der Waals surface area contributed by atoms with Gasteiger partial charge in [0, 0.05) is 4.47 Å². The summed E-state index contributed by atoms with van der Waals surface area (Å²) in [6.45, 7) is 0. The highest BCUT2D eigenvalue weighted by Crippen LogP contribution is 2.29. The predicted octanol–water partition coefficient (Wildman–Crippen LogP) is 4.51. The van der Waals surface area contributed by atoms with Gasteiger partial charge in [-0.1, -0.05) is 23.7 Å². The molecule has 0 saturated heterocycles. The van der Waals surface area contributed by atoms with E-state index < -0.39 is 0 Å². The molecule has 0 aromatic heterocycles. The second-order valence-corrected chi connectivity index (χ2v) is 4.87. The van der Waals surface area contributed by atoms with E-state index in [1.165, 1.54) is 0 Å². The van der Waals surface area contributed by atoms with Crippen molar-refractivity contribution in [3.05, 3.63) is 57.0 Å². The Balaban J connectivity index is 2.56. The Kier molecular flexibility index (Phi) is 3.67. The molecule has 0 aliphatic heterocycles. The van der Waals surface area contributed by atoms with Crippen molar-refractivity contribution in [1.82, 2.24) is 0 Å². The maximum Gasteiger partial charge on any atom is 0.101 e. The Morgan fingerprint density at radius 3 is 2.11 bits per heavy atom. The van der Waals surface area contributed by atoms with Gasteiger partial charge >= 0.3 is 0 Å². The number of nitrogens with zero attached hydrogens (tertiary/aromatic N) is 2. The van der Waals surface area contributed by atoms with Crippen LogP contribution in [0.15, 0.2) is 40.9 Å². The lowest BCUT2D eigenvalue weighted by Crippen LogP contribution is -1.86. The highest BCUT2D eigenvalue weighted by Gasteiger charge is 2.06. The second kappa shape index (κ2) is 5.23. The normalized spacial score (nSPS) is 9.56. The van der Waals surface area contributed by atoms with E-state index in [1.807, 2.05) is 30.3 Å². The van der Waals surface area contributed by atoms with Gasteiger partial charge in [0.2, 0.25) is 0 Å². The first-order chi connectivity index (χ1) is 8.65. The first kappa shape index (κ1) is 12.6. The van der Waals surface area contributed by atoms with Crippen LogP contribution in [0, 0.1) is 22.7 Å². The lowest BCUT2D eigenvalue weighted by Gasteiger charge is -2.05. The number of nitriles is 2. The number of halogens is 2. The summed E-state index contributed by atoms with van der Waals surface area (Å²) in [5.74, 6) is 0. The van der Waals surface area contributed by atoms with E-state index in [-0.39, 0.29) is 0 Å². The van der Waals surface area contributed by atoms with Crippen LogP contribution in [0.2, 0.25) is 5.02 Å². The topological polar surface area (TPSA) is 47.6 Å². The summed E-state index contributed by atoms with van der Waals surface area (Å²) in [4.78, 5) is 0. The molecule has 18 heavy (non-hydrogen) atoms. The van der Waals surface area contributed by atoms with Crippen molar-refractivity contribution in [2.45, 2.75) is 0 Å². The van der Waals surface area contributed by atoms with Gasteiger partial charge in [-0.3, -0.25) is 0 Å². The van der Waals surface area contributed by atoms with Gasteiger partial charge in [-0.25, -0.2) is 0 Å². The largest absolute Gasteiger partial charge is 0.192 e. The van der Waals surface area contributed by atoms with Crippen LogP contribution in [-0.4, -0.2) is 0 Å². The standard InChI is InChI=1S/C14H6BrClN2/c15-13-6-10(3-4-14(13)16)9-1-2-11(7-17)12(5-9)8-18/h1-6H. The van der Waals surface area contributed by atoms with Gasteiger partial charge in [-0.15, -0.1) is 0 Å². The number of hydrogen-bond acceptors (Lipinski definition) is 2. The fourth-order valence-corrected chi connectivity index (χ4v) is 2.09. The molecule has 0 saturated carbocycles. The van der Waals surface area contributed by atoms with Crippen molar-refractivity contribution < 1.29 is 0 Å². The summed E-state index contributed by atoms with van der Waals surface area (Å²) in [6.07, 6.45) is 0. The summed E-state index contributed by atoms with van der Waals surface area (Å²) >= 11 is 9.29. The van der Waals surface area contributed by atoms with Gasteiger partial charge in [0.05, 0.1) is 16.1 Å². The van der Waals surface area contributed by atoms with Crippen molar-refractivity contribution in [3.8, 4) is 23.3 Å². The zero-order valence-corrected chi connectivity index (χ0v) is 11.5. The van der Waals surface area contributed by atoms with Crippen LogP contribution in [0.25, 0.3) is 11.1 Å². The lowest BCUT2D eigenvalue weighted by molar-refractivity contribution is 1.43. The molecule has 0 bridgehead atoms. The van der Waals surface area contributed by atoms with Gasteiger partial charge in [0.15, 0.2) is 0 Å². The Morgan fingerprint density at radius 1 is 0.889 bits per heavy atom. The lowest BCUT2D eigenvalue weighted by atomic mass is 10.0. The van der Waals surface area contributed by atoms with Crippen molar-refractivity contribution in [1.29, 1.82) is 10.5 Å². The van der Waals surface area contributed by atoms with Crippen LogP contribution in [0.5, 0.6) is 0 Å². The molecule has 0 spiro atoms. The summed E-state index contributed by atoms with van der Waals surface area (Å²) < 4.78 is 0.796. The molecule has 0 aliphatic carbocycles. The third-order valence-electron chi connectivity index (χ3n) is 2.51. The summed E-state index contributed by atoms with van der Waals surface area (Å²) in [6, 6.07) is 14.7. The average molecular weight is 318 g/mol. The first-order valence-corrected chi connectivity index (χ1v) is 6.22. The molecular formula is C14H6BrClN2. The van der Waals surface area contributed by atoms with Gasteiger partial charge < -0.3 is 0 Å². The van der Waals surface area contributed by atoms with Gasteiger partial charge in [-0.05, 0) is 51.3 Å². The van der Waals surface area contributed by atoms with Crippen molar-refractivity contribution in [2.24, 2.45) is 0 Å². The minimum Gasteiger partial charge on any atom is -0.192 e. The molecule has 4 heteroatoms. The third-order valence-corrected chi connectivity index (χ3v) is 3.73. The van der Waals surface area contributed by atoms with E-state index in [4.69, 9.17) is 22.1 Å². The van der Waals surface area contributed by atoms with Crippen molar-refractivity contribution in [2.75, 3.05) is 0 Å². The van der Waals surface area contributed by atoms with Crippen molar-refractivity contribution in [3.63, 3.8) is 0 Å². The molecule has 0 aliphatic rings. The third kappa shape index (κ3) is 2.38. The molecule has 0 amide bonds. The fourth-order valence-electron chi connectivity index (χ4n) is 1.59. The first-order valence-electron chi connectivity index (χ1n) is 5.05. The fraction of sp³-hybridized carbons (Fsp3) is 0. The SMILES string of the molecule is N#Cc1ccc(-c2ccc(Cl)c(Br)c2)cc1C#N. The van der Waals surface area contributed by atoms with Crippen LogP contribution in [0.3, 0.4) is 0 Å². The van der Waals surface area contributed by atoms with E-state index >= 15 is 0 Å². The molecule has 0 heterocycles. The smallest absolute Gasteiger partial charge is 0.101 e. The second-order valence-electron chi connectivity index (χ2n) is 3.61. The molecule has 0 N–H and O–H groups in total. The average Bonchev–Trinajstić information content (AvgIpc) is 2.41. The highest BCUT2D eigenvalue weighted by atomic mass is 79.9. The van der Waals surface area contributed by atoms with E-state index in [0.29, 0.717) is 16.1 Å². The van der Waals surface area contributed by atoms with Crippen LogP contribution in [0.1, 0.15) is 11.1 Å². The quantitative estimate of drug-likeness (QED) is 0.776. The predicted molar refractivity (Wildman–Crippen MR) is 74.0 cm³/mol. The molecule has 86 valence electrons. The summed E-state index contributed by atoms with van der Waals surface area (Å²) in [7, 11) is 0. The molecule has 2 rings (SSSR count). The Labute approximate surface area is 118 Å². The molecule has 0 atom stereocenters. The van der Waals surface area contributed by atoms with Crippen LogP contribution < -0.4 is 0 Å². The minimum atomic E-state index is 0.376. The van der Waals surface area contributed by atoms with E-state index in [1.54, 1.807) is 18.2 Å². The maximum atomic E-state index is 8.99. The van der Waals surface area contributed by atoms with Gasteiger partial charge in [0.1, 0.15) is 12.1 Å². The molecule has 0 radical (unpaired) electrons. The maximum absolute atomic E-state index is 8.99. The molecule has 2 aromatic carbocycles. The van der Waals surface area contributed by atoms with Gasteiger partial charge in [-0.2, -0.15) is 10.5 Å². The molecule has 2 nitrogen and oxygen atoms in total. The number of rotatable bonds is 1. The van der Waals surface area contributed by atoms with Crippen LogP contribution >= 0.6 is 27.5 Å². The molecule has 0 unspecified atom stereocenters. The number of hydrogen-bond donors (Lipinski definition) is 0. The Bertz CT molecular complexity index is 696. The van der Waals surface area contributed by atoms with Crippen LogP contribution in [-0.2, 0) is 0 Å². The molecule has 2 aromatic rings. The zero-order valence-electron chi connectivity index (χ0n) is 9.11. The summed E-state index contributed by atoms with van der Waals surface area (Å²) in [5.41, 5.74) is 2.57. The summed E-state index contributed by atoms with van der Waals surface area (Å²) in [5, 5.41) is 18.5. The number of benzene rings is 2. The van der Waals surface area contributed by atoms with E-state index in [9.17, 15) is 0 Å². The monoisotopic (exact) mass is 316 g/mol. The molecule has 0 fully saturated rings. The Hall–Kier alpha value is -1.81. The molecular weight excluding hydrogens is 312 g/mol.